The van der Waals surface area contributed by atoms with Crippen LogP contribution in [0.1, 0.15) is 25.3 Å². The van der Waals surface area contributed by atoms with Crippen molar-refractivity contribution in [1.82, 2.24) is 0 Å². The molecule has 0 saturated carbocycles. The molecular weight excluding hydrogens is 298 g/mol. The van der Waals surface area contributed by atoms with Crippen molar-refractivity contribution in [2.24, 2.45) is 5.16 Å². The number of hydrogen-bond acceptors (Lipinski definition) is 5. The number of rotatable bonds is 5. The summed E-state index contributed by atoms with van der Waals surface area (Å²) in [5, 5.41) is 4.00. The molecule has 1 unspecified atom stereocenters. The fourth-order valence-electron chi connectivity index (χ4n) is 2.37. The van der Waals surface area contributed by atoms with Crippen LogP contribution in [-0.4, -0.2) is 26.6 Å². The van der Waals surface area contributed by atoms with Crippen LogP contribution in [0.15, 0.2) is 35.5 Å². The quantitative estimate of drug-likeness (QED) is 0.616. The van der Waals surface area contributed by atoms with Gasteiger partial charge in [0.05, 0.1) is 6.61 Å². The molecule has 22 heavy (non-hydrogen) atoms. The van der Waals surface area contributed by atoms with Gasteiger partial charge >= 0.3 is 5.97 Å². The molecule has 0 N–H and O–H groups in total. The molecule has 0 bridgehead atoms. The Morgan fingerprint density at radius 1 is 1.32 bits per heavy atom. The molecule has 1 aliphatic heterocycles. The van der Waals surface area contributed by atoms with Crippen LogP contribution in [0.2, 0.25) is 19.6 Å². The van der Waals surface area contributed by atoms with E-state index in [9.17, 15) is 4.79 Å². The number of ether oxygens (including phenoxy) is 1. The fraction of sp³-hybridized carbons (Fsp3) is 0.500. The third-order valence-corrected chi connectivity index (χ3v) is 4.13. The van der Waals surface area contributed by atoms with Gasteiger partial charge in [0.1, 0.15) is 0 Å². The summed E-state index contributed by atoms with van der Waals surface area (Å²) < 4.78 is 11.3. The largest absolute Gasteiger partial charge is 0.461 e. The lowest BCUT2D eigenvalue weighted by molar-refractivity contribution is -0.209. The predicted octanol–water partition coefficient (Wildman–Crippen LogP) is 3.42. The summed E-state index contributed by atoms with van der Waals surface area (Å²) >= 11 is 0. The number of carbonyl (C=O) groups is 1. The van der Waals surface area contributed by atoms with E-state index in [-0.39, 0.29) is 0 Å². The summed E-state index contributed by atoms with van der Waals surface area (Å²) in [4.78, 5) is 17.5. The second-order valence-electron chi connectivity index (χ2n) is 6.18. The summed E-state index contributed by atoms with van der Waals surface area (Å²) in [6.07, 6.45) is 1.01. The molecule has 6 heteroatoms. The van der Waals surface area contributed by atoms with Gasteiger partial charge in [0.25, 0.3) is 5.79 Å². The van der Waals surface area contributed by atoms with Crippen LogP contribution in [0.3, 0.4) is 0 Å². The minimum Gasteiger partial charge on any atom is -0.461 e. The summed E-state index contributed by atoms with van der Waals surface area (Å²) in [5.74, 6) is -1.33. The summed E-state index contributed by atoms with van der Waals surface area (Å²) in [5.41, 5.74) is 1.23. The van der Waals surface area contributed by atoms with Crippen LogP contribution in [0.4, 0.5) is 0 Å². The molecule has 0 aromatic heterocycles. The van der Waals surface area contributed by atoms with Gasteiger partial charge in [0.15, 0.2) is 14.0 Å². The number of esters is 1. The second kappa shape index (κ2) is 6.62. The Morgan fingerprint density at radius 2 is 2.00 bits per heavy atom. The highest BCUT2D eigenvalue weighted by molar-refractivity contribution is 6.69. The average Bonchev–Trinajstić information content (AvgIpc) is 2.47. The maximum atomic E-state index is 11.8. The van der Waals surface area contributed by atoms with Crippen LogP contribution < -0.4 is 0 Å². The van der Waals surface area contributed by atoms with Crippen LogP contribution in [0, 0.1) is 0 Å². The van der Waals surface area contributed by atoms with Crippen molar-refractivity contribution in [3.8, 4) is 0 Å². The van der Waals surface area contributed by atoms with Crippen molar-refractivity contribution in [3.05, 3.63) is 35.9 Å². The van der Waals surface area contributed by atoms with Crippen LogP contribution in [0.5, 0.6) is 0 Å². The van der Waals surface area contributed by atoms with Crippen molar-refractivity contribution in [1.29, 1.82) is 0 Å². The zero-order valence-electron chi connectivity index (χ0n) is 13.6. The highest BCUT2D eigenvalue weighted by Crippen LogP contribution is 2.38. The second-order valence-corrected chi connectivity index (χ2v) is 10.6. The third kappa shape index (κ3) is 3.95. The molecule has 1 atom stereocenters. The number of oxime groups is 1. The molecule has 120 valence electrons. The average molecular weight is 321 g/mol. The van der Waals surface area contributed by atoms with Crippen molar-refractivity contribution in [2.75, 3.05) is 6.61 Å². The first-order valence-corrected chi connectivity index (χ1v) is 10.9. The molecule has 0 amide bonds. The minimum absolute atomic E-state index is 0.313. The molecule has 1 aromatic carbocycles. The molecule has 1 aromatic rings. The van der Waals surface area contributed by atoms with Gasteiger partial charge in [-0.1, -0.05) is 35.5 Å². The third-order valence-electron chi connectivity index (χ3n) is 3.19. The molecule has 1 heterocycles. The zero-order chi connectivity index (χ0) is 16.2. The summed E-state index contributed by atoms with van der Waals surface area (Å²) in [7, 11) is -1.87. The van der Waals surface area contributed by atoms with Gasteiger partial charge in [-0.2, -0.15) is 0 Å². The van der Waals surface area contributed by atoms with E-state index in [2.05, 4.69) is 24.8 Å². The molecule has 5 nitrogen and oxygen atoms in total. The summed E-state index contributed by atoms with van der Waals surface area (Å²) in [6, 6.07) is 9.76. The Morgan fingerprint density at radius 3 is 2.50 bits per heavy atom. The lowest BCUT2D eigenvalue weighted by atomic mass is 9.98. The van der Waals surface area contributed by atoms with Crippen molar-refractivity contribution in [2.45, 2.75) is 45.2 Å². The molecular formula is C16H23NO4Si. The van der Waals surface area contributed by atoms with Gasteiger partial charge in [0, 0.05) is 18.4 Å². The Balaban J connectivity index is 2.28. The first kappa shape index (κ1) is 16.7. The van der Waals surface area contributed by atoms with Gasteiger partial charge in [-0.25, -0.2) is 4.79 Å². The van der Waals surface area contributed by atoms with Gasteiger partial charge < -0.3 is 14.0 Å². The first-order valence-electron chi connectivity index (χ1n) is 7.54. The van der Waals surface area contributed by atoms with E-state index in [1.54, 1.807) is 6.92 Å². The monoisotopic (exact) mass is 321 g/mol. The van der Waals surface area contributed by atoms with Gasteiger partial charge in [-0.05, 0) is 26.6 Å². The molecule has 1 aliphatic rings. The maximum Gasteiger partial charge on any atom is 0.356 e. The zero-order valence-corrected chi connectivity index (χ0v) is 14.6. The number of carbonyl (C=O) groups excluding carboxylic acids is 1. The lowest BCUT2D eigenvalue weighted by Gasteiger charge is -2.39. The number of benzene rings is 1. The van der Waals surface area contributed by atoms with Gasteiger partial charge in [-0.15, -0.1) is 0 Å². The Labute approximate surface area is 132 Å². The Kier molecular flexibility index (Phi) is 5.03. The van der Waals surface area contributed by atoms with Crippen LogP contribution in [-0.2, 0) is 24.6 Å². The molecule has 0 spiro atoms. The highest BCUT2D eigenvalue weighted by Gasteiger charge is 2.43. The predicted molar refractivity (Wildman–Crippen MR) is 86.9 cm³/mol. The molecule has 0 saturated heterocycles. The van der Waals surface area contributed by atoms with Crippen molar-refractivity contribution >= 4 is 20.0 Å². The fourth-order valence-corrected chi connectivity index (χ4v) is 3.62. The van der Waals surface area contributed by atoms with Crippen LogP contribution >= 0.6 is 0 Å². The van der Waals surface area contributed by atoms with E-state index >= 15 is 0 Å². The summed E-state index contributed by atoms with van der Waals surface area (Å²) in [6.45, 7) is 8.40. The van der Waals surface area contributed by atoms with E-state index < -0.39 is 20.1 Å². The number of hydrogen-bond donors (Lipinski definition) is 0. The lowest BCUT2D eigenvalue weighted by Crippen LogP contribution is -2.44. The molecule has 2 rings (SSSR count). The maximum absolute atomic E-state index is 11.8. The molecule has 0 fully saturated rings. The first-order chi connectivity index (χ1) is 10.4. The van der Waals surface area contributed by atoms with Crippen molar-refractivity contribution in [3.63, 3.8) is 0 Å². The van der Waals surface area contributed by atoms with E-state index in [0.717, 1.165) is 5.56 Å². The Bertz CT molecular complexity index is 553. The normalized spacial score (nSPS) is 21.7. The van der Waals surface area contributed by atoms with Crippen LogP contribution in [0.25, 0.3) is 0 Å². The van der Waals surface area contributed by atoms with E-state index in [0.29, 0.717) is 25.2 Å². The van der Waals surface area contributed by atoms with Gasteiger partial charge in [-0.3, -0.25) is 0 Å². The highest BCUT2D eigenvalue weighted by atomic mass is 28.4. The van der Waals surface area contributed by atoms with Gasteiger partial charge in [0.2, 0.25) is 0 Å². The topological polar surface area (TPSA) is 57.1 Å². The van der Waals surface area contributed by atoms with E-state index in [1.165, 1.54) is 0 Å². The molecule has 0 radical (unpaired) electrons. The Hall–Kier alpha value is -1.66. The standard InChI is InChI=1S/C16H23NO4Si/c1-5-19-15(18)14-11-12-16(20-17-14,21-22(2,3)4)13-9-7-6-8-10-13/h6-10H,5,11-12H2,1-4H3. The SMILES string of the molecule is CCOC(=O)C1=NOC(O[Si](C)(C)C)(c2ccccc2)CC1. The van der Waals surface area contributed by atoms with E-state index in [4.69, 9.17) is 14.0 Å². The van der Waals surface area contributed by atoms with E-state index in [1.807, 2.05) is 30.3 Å². The number of nitrogens with zero attached hydrogens (tertiary/aromatic N) is 1. The minimum atomic E-state index is -1.87. The van der Waals surface area contributed by atoms with Crippen molar-refractivity contribution < 1.29 is 18.8 Å². The molecule has 0 aliphatic carbocycles. The smallest absolute Gasteiger partial charge is 0.356 e.